The first-order valence-electron chi connectivity index (χ1n) is 5.60. The Morgan fingerprint density at radius 2 is 2.26 bits per heavy atom. The average Bonchev–Trinajstić information content (AvgIpc) is 2.87. The van der Waals surface area contributed by atoms with Gasteiger partial charge >= 0.3 is 0 Å². The van der Waals surface area contributed by atoms with Crippen LogP contribution in [0, 0.1) is 5.82 Å². The zero-order valence-electron chi connectivity index (χ0n) is 10.1. The van der Waals surface area contributed by atoms with E-state index in [1.54, 1.807) is 12.1 Å². The standard InChI is InChI=1S/C13H13FN2O3/c14-11-4-3-9(6-12(11)15)16-13(17)8-18-7-10-2-1-5-19-10/h1-6H,7-8,15H2,(H,16,17). The Bertz CT molecular complexity index is 555. The maximum Gasteiger partial charge on any atom is 0.250 e. The molecular formula is C13H13FN2O3. The molecule has 0 radical (unpaired) electrons. The highest BCUT2D eigenvalue weighted by Crippen LogP contribution is 2.16. The van der Waals surface area contributed by atoms with Crippen molar-refractivity contribution >= 4 is 17.3 Å². The first-order chi connectivity index (χ1) is 9.15. The zero-order chi connectivity index (χ0) is 13.7. The van der Waals surface area contributed by atoms with Crippen molar-refractivity contribution < 1.29 is 18.3 Å². The Hall–Kier alpha value is -2.34. The van der Waals surface area contributed by atoms with Crippen LogP contribution in [0.3, 0.4) is 0 Å². The molecule has 1 aromatic heterocycles. The van der Waals surface area contributed by atoms with Crippen LogP contribution >= 0.6 is 0 Å². The van der Waals surface area contributed by atoms with Crippen molar-refractivity contribution in [3.63, 3.8) is 0 Å². The molecule has 0 bridgehead atoms. The normalized spacial score (nSPS) is 10.4. The van der Waals surface area contributed by atoms with Crippen molar-refractivity contribution in [3.8, 4) is 0 Å². The number of nitrogens with two attached hydrogens (primary N) is 1. The van der Waals surface area contributed by atoms with Gasteiger partial charge in [-0.1, -0.05) is 0 Å². The summed E-state index contributed by atoms with van der Waals surface area (Å²) in [7, 11) is 0. The number of benzene rings is 1. The van der Waals surface area contributed by atoms with Crippen LogP contribution in [0.25, 0.3) is 0 Å². The Morgan fingerprint density at radius 1 is 1.42 bits per heavy atom. The summed E-state index contributed by atoms with van der Waals surface area (Å²) in [6.45, 7) is 0.0873. The lowest BCUT2D eigenvalue weighted by molar-refractivity contribution is -0.121. The smallest absolute Gasteiger partial charge is 0.250 e. The first kappa shape index (κ1) is 13.1. The number of anilines is 2. The first-order valence-corrected chi connectivity index (χ1v) is 5.60. The number of hydrogen-bond acceptors (Lipinski definition) is 4. The highest BCUT2D eigenvalue weighted by molar-refractivity contribution is 5.92. The molecule has 100 valence electrons. The fourth-order valence-electron chi connectivity index (χ4n) is 1.46. The number of rotatable bonds is 5. The Balaban J connectivity index is 1.79. The molecule has 0 saturated carbocycles. The van der Waals surface area contributed by atoms with E-state index >= 15 is 0 Å². The second-order valence-electron chi connectivity index (χ2n) is 3.86. The largest absolute Gasteiger partial charge is 0.467 e. The quantitative estimate of drug-likeness (QED) is 0.811. The molecule has 3 N–H and O–H groups in total. The predicted octanol–water partition coefficient (Wildman–Crippen LogP) is 2.16. The van der Waals surface area contributed by atoms with Crippen molar-refractivity contribution in [1.82, 2.24) is 0 Å². The summed E-state index contributed by atoms with van der Waals surface area (Å²) in [5.41, 5.74) is 5.79. The molecule has 0 spiro atoms. The molecule has 0 fully saturated rings. The van der Waals surface area contributed by atoms with Gasteiger partial charge in [-0.25, -0.2) is 4.39 Å². The Labute approximate surface area is 109 Å². The fraction of sp³-hybridized carbons (Fsp3) is 0.154. The summed E-state index contributed by atoms with van der Waals surface area (Å²) in [5, 5.41) is 2.55. The third kappa shape index (κ3) is 3.82. The van der Waals surface area contributed by atoms with Gasteiger partial charge < -0.3 is 20.2 Å². The second-order valence-corrected chi connectivity index (χ2v) is 3.86. The van der Waals surface area contributed by atoms with E-state index in [2.05, 4.69) is 5.32 Å². The molecule has 1 amide bonds. The van der Waals surface area contributed by atoms with Crippen molar-refractivity contribution in [2.24, 2.45) is 0 Å². The number of amides is 1. The number of furan rings is 1. The number of halogens is 1. The summed E-state index contributed by atoms with van der Waals surface area (Å²) in [6.07, 6.45) is 1.53. The van der Waals surface area contributed by atoms with E-state index in [1.807, 2.05) is 0 Å². The molecule has 2 aromatic rings. The molecule has 0 aliphatic heterocycles. The monoisotopic (exact) mass is 264 g/mol. The predicted molar refractivity (Wildman–Crippen MR) is 67.8 cm³/mol. The molecule has 1 aromatic carbocycles. The van der Waals surface area contributed by atoms with Gasteiger partial charge in [0.05, 0.1) is 12.0 Å². The number of hydrogen-bond donors (Lipinski definition) is 2. The number of carbonyl (C=O) groups is 1. The van der Waals surface area contributed by atoms with Gasteiger partial charge in [0.1, 0.15) is 24.8 Å². The minimum atomic E-state index is -0.521. The molecule has 0 unspecified atom stereocenters. The Morgan fingerprint density at radius 3 is 2.95 bits per heavy atom. The van der Waals surface area contributed by atoms with Crippen molar-refractivity contribution in [3.05, 3.63) is 48.2 Å². The molecule has 0 saturated heterocycles. The number of nitrogen functional groups attached to an aromatic ring is 1. The van der Waals surface area contributed by atoms with Crippen LogP contribution < -0.4 is 11.1 Å². The van der Waals surface area contributed by atoms with Gasteiger partial charge in [0.2, 0.25) is 5.91 Å². The molecule has 0 atom stereocenters. The minimum absolute atomic E-state index is 0.0192. The topological polar surface area (TPSA) is 77.5 Å². The summed E-state index contributed by atoms with van der Waals surface area (Å²) < 4.78 is 23.1. The SMILES string of the molecule is Nc1cc(NC(=O)COCc2ccco2)ccc1F. The van der Waals surface area contributed by atoms with Gasteiger partial charge in [0.25, 0.3) is 0 Å². The van der Waals surface area contributed by atoms with E-state index in [0.29, 0.717) is 11.4 Å². The maximum atomic E-state index is 12.9. The molecule has 2 rings (SSSR count). The molecular weight excluding hydrogens is 251 g/mol. The van der Waals surface area contributed by atoms with Crippen molar-refractivity contribution in [2.45, 2.75) is 6.61 Å². The van der Waals surface area contributed by atoms with Gasteiger partial charge in [-0.05, 0) is 30.3 Å². The highest BCUT2D eigenvalue weighted by Gasteiger charge is 2.05. The number of carbonyl (C=O) groups excluding carboxylic acids is 1. The van der Waals surface area contributed by atoms with Gasteiger partial charge in [0, 0.05) is 5.69 Å². The van der Waals surface area contributed by atoms with Gasteiger partial charge in [-0.3, -0.25) is 4.79 Å². The lowest BCUT2D eigenvalue weighted by atomic mass is 10.2. The van der Waals surface area contributed by atoms with Crippen LogP contribution in [-0.4, -0.2) is 12.5 Å². The molecule has 19 heavy (non-hydrogen) atoms. The summed E-state index contributed by atoms with van der Waals surface area (Å²) >= 11 is 0. The lowest BCUT2D eigenvalue weighted by Crippen LogP contribution is -2.18. The Kier molecular flexibility index (Phi) is 4.15. The average molecular weight is 264 g/mol. The van der Waals surface area contributed by atoms with Crippen LogP contribution in [0.2, 0.25) is 0 Å². The highest BCUT2D eigenvalue weighted by atomic mass is 19.1. The minimum Gasteiger partial charge on any atom is -0.467 e. The molecule has 0 aliphatic carbocycles. The van der Waals surface area contributed by atoms with E-state index in [-0.39, 0.29) is 24.8 Å². The maximum absolute atomic E-state index is 12.9. The van der Waals surface area contributed by atoms with E-state index < -0.39 is 5.82 Å². The molecule has 1 heterocycles. The van der Waals surface area contributed by atoms with Crippen LogP contribution in [0.5, 0.6) is 0 Å². The van der Waals surface area contributed by atoms with Crippen LogP contribution in [0.1, 0.15) is 5.76 Å². The van der Waals surface area contributed by atoms with Gasteiger partial charge in [-0.2, -0.15) is 0 Å². The van der Waals surface area contributed by atoms with Crippen molar-refractivity contribution in [2.75, 3.05) is 17.7 Å². The number of ether oxygens (including phenoxy) is 1. The third-order valence-electron chi connectivity index (χ3n) is 2.34. The van der Waals surface area contributed by atoms with E-state index in [1.165, 1.54) is 24.5 Å². The van der Waals surface area contributed by atoms with Gasteiger partial charge in [0.15, 0.2) is 0 Å². The summed E-state index contributed by atoms with van der Waals surface area (Å²) in [6, 6.07) is 7.45. The van der Waals surface area contributed by atoms with E-state index in [9.17, 15) is 9.18 Å². The van der Waals surface area contributed by atoms with Crippen LogP contribution in [0.15, 0.2) is 41.0 Å². The molecule has 6 heteroatoms. The lowest BCUT2D eigenvalue weighted by Gasteiger charge is -2.06. The van der Waals surface area contributed by atoms with E-state index in [4.69, 9.17) is 14.9 Å². The fourth-order valence-corrected chi connectivity index (χ4v) is 1.46. The van der Waals surface area contributed by atoms with Crippen LogP contribution in [-0.2, 0) is 16.1 Å². The summed E-state index contributed by atoms with van der Waals surface area (Å²) in [5.74, 6) is -0.233. The van der Waals surface area contributed by atoms with E-state index in [0.717, 1.165) is 0 Å². The molecule has 0 aliphatic rings. The summed E-state index contributed by atoms with van der Waals surface area (Å²) in [4.78, 5) is 11.5. The van der Waals surface area contributed by atoms with Gasteiger partial charge in [-0.15, -0.1) is 0 Å². The zero-order valence-corrected chi connectivity index (χ0v) is 10.1. The molecule has 5 nitrogen and oxygen atoms in total. The third-order valence-corrected chi connectivity index (χ3v) is 2.34. The second kappa shape index (κ2) is 6.01. The van der Waals surface area contributed by atoms with Crippen molar-refractivity contribution in [1.29, 1.82) is 0 Å². The van der Waals surface area contributed by atoms with Crippen LogP contribution in [0.4, 0.5) is 15.8 Å². The number of nitrogens with one attached hydrogen (secondary N) is 1.